The van der Waals surface area contributed by atoms with Crippen molar-refractivity contribution in [1.82, 2.24) is 10.0 Å². The second-order valence-corrected chi connectivity index (χ2v) is 5.74. The third kappa shape index (κ3) is 6.07. The van der Waals surface area contributed by atoms with Gasteiger partial charge in [0.2, 0.25) is 10.0 Å². The van der Waals surface area contributed by atoms with Gasteiger partial charge in [0.05, 0.1) is 6.26 Å². The normalized spacial score (nSPS) is 11.6. The van der Waals surface area contributed by atoms with Crippen LogP contribution in [0.1, 0.15) is 5.56 Å². The van der Waals surface area contributed by atoms with Crippen LogP contribution in [-0.2, 0) is 16.6 Å². The van der Waals surface area contributed by atoms with Gasteiger partial charge in [-0.15, -0.1) is 0 Å². The fraction of sp³-hybridized carbons (Fsp3) is 0.400. The summed E-state index contributed by atoms with van der Waals surface area (Å²) in [6, 6.07) is 7.51. The molecule has 1 aromatic rings. The first-order chi connectivity index (χ1) is 7.47. The Morgan fingerprint density at radius 2 is 1.81 bits per heavy atom. The summed E-state index contributed by atoms with van der Waals surface area (Å²) in [5, 5.41) is 3.83. The van der Waals surface area contributed by atoms with E-state index >= 15 is 0 Å². The molecule has 0 spiro atoms. The summed E-state index contributed by atoms with van der Waals surface area (Å²) in [5.41, 5.74) is 1.11. The Kier molecular flexibility index (Phi) is 5.21. The molecule has 0 heterocycles. The van der Waals surface area contributed by atoms with Crippen molar-refractivity contribution in [2.45, 2.75) is 6.54 Å². The highest BCUT2D eigenvalue weighted by Crippen LogP contribution is 2.08. The zero-order chi connectivity index (χ0) is 12.0. The van der Waals surface area contributed by atoms with Crippen LogP contribution in [0.3, 0.4) is 0 Å². The van der Waals surface area contributed by atoms with E-state index in [4.69, 9.17) is 11.6 Å². The largest absolute Gasteiger partial charge is 0.311 e. The van der Waals surface area contributed by atoms with Crippen molar-refractivity contribution < 1.29 is 8.42 Å². The molecule has 2 N–H and O–H groups in total. The Morgan fingerprint density at radius 3 is 2.38 bits per heavy atom. The minimum atomic E-state index is -3.08. The van der Waals surface area contributed by atoms with Crippen LogP contribution in [0.15, 0.2) is 24.3 Å². The second kappa shape index (κ2) is 6.20. The van der Waals surface area contributed by atoms with E-state index in [1.807, 2.05) is 24.3 Å². The van der Waals surface area contributed by atoms with Crippen LogP contribution in [0.2, 0.25) is 5.02 Å². The fourth-order valence-electron chi connectivity index (χ4n) is 1.16. The van der Waals surface area contributed by atoms with Crippen molar-refractivity contribution in [3.05, 3.63) is 34.9 Å². The van der Waals surface area contributed by atoms with Crippen LogP contribution in [0.4, 0.5) is 0 Å². The van der Waals surface area contributed by atoms with Crippen LogP contribution in [-0.4, -0.2) is 27.8 Å². The SMILES string of the molecule is CS(=O)(=O)NCCNCc1ccc(Cl)cc1. The maximum atomic E-state index is 10.7. The number of benzene rings is 1. The molecule has 0 saturated heterocycles. The lowest BCUT2D eigenvalue weighted by molar-refractivity contribution is 0.582. The number of sulfonamides is 1. The molecule has 6 heteroatoms. The average molecular weight is 263 g/mol. The summed E-state index contributed by atoms with van der Waals surface area (Å²) in [6.07, 6.45) is 1.15. The van der Waals surface area contributed by atoms with Crippen LogP contribution >= 0.6 is 11.6 Å². The fourth-order valence-corrected chi connectivity index (χ4v) is 1.76. The molecular formula is C10H15ClN2O2S. The molecule has 0 amide bonds. The third-order valence-corrected chi connectivity index (χ3v) is 2.89. The number of nitrogens with one attached hydrogen (secondary N) is 2. The maximum Gasteiger partial charge on any atom is 0.208 e. The molecule has 0 radical (unpaired) electrons. The zero-order valence-electron chi connectivity index (χ0n) is 9.03. The summed E-state index contributed by atoms with van der Waals surface area (Å²) < 4.78 is 23.9. The van der Waals surface area contributed by atoms with Gasteiger partial charge in [-0.2, -0.15) is 0 Å². The van der Waals surface area contributed by atoms with Gasteiger partial charge in [0.1, 0.15) is 0 Å². The van der Waals surface area contributed by atoms with Crippen molar-refractivity contribution in [2.75, 3.05) is 19.3 Å². The Balaban J connectivity index is 2.19. The predicted octanol–water partition coefficient (Wildman–Crippen LogP) is 0.979. The van der Waals surface area contributed by atoms with Crippen LogP contribution in [0.5, 0.6) is 0 Å². The lowest BCUT2D eigenvalue weighted by atomic mass is 10.2. The summed E-state index contributed by atoms with van der Waals surface area (Å²) in [6.45, 7) is 1.69. The molecule has 0 aliphatic carbocycles. The molecule has 4 nitrogen and oxygen atoms in total. The maximum absolute atomic E-state index is 10.7. The van der Waals surface area contributed by atoms with Gasteiger partial charge in [-0.1, -0.05) is 23.7 Å². The highest BCUT2D eigenvalue weighted by atomic mass is 35.5. The lowest BCUT2D eigenvalue weighted by Crippen LogP contribution is -2.30. The van der Waals surface area contributed by atoms with E-state index in [0.29, 0.717) is 24.7 Å². The van der Waals surface area contributed by atoms with Gasteiger partial charge in [0.15, 0.2) is 0 Å². The molecule has 0 bridgehead atoms. The quantitative estimate of drug-likeness (QED) is 0.752. The Morgan fingerprint density at radius 1 is 1.19 bits per heavy atom. The van der Waals surface area contributed by atoms with Crippen LogP contribution < -0.4 is 10.0 Å². The van der Waals surface area contributed by atoms with Gasteiger partial charge >= 0.3 is 0 Å². The first-order valence-corrected chi connectivity index (χ1v) is 7.14. The molecule has 0 saturated carbocycles. The molecule has 0 fully saturated rings. The van der Waals surface area contributed by atoms with Crippen molar-refractivity contribution in [2.24, 2.45) is 0 Å². The first kappa shape index (κ1) is 13.4. The van der Waals surface area contributed by atoms with Crippen molar-refractivity contribution >= 4 is 21.6 Å². The topological polar surface area (TPSA) is 58.2 Å². The van der Waals surface area contributed by atoms with Crippen molar-refractivity contribution in [1.29, 1.82) is 0 Å². The molecule has 0 atom stereocenters. The van der Waals surface area contributed by atoms with E-state index in [2.05, 4.69) is 10.0 Å². The van der Waals surface area contributed by atoms with E-state index < -0.39 is 10.0 Å². The smallest absolute Gasteiger partial charge is 0.208 e. The second-order valence-electron chi connectivity index (χ2n) is 3.47. The van der Waals surface area contributed by atoms with Crippen molar-refractivity contribution in [3.8, 4) is 0 Å². The van der Waals surface area contributed by atoms with E-state index in [9.17, 15) is 8.42 Å². The van der Waals surface area contributed by atoms with Gasteiger partial charge < -0.3 is 5.32 Å². The van der Waals surface area contributed by atoms with Gasteiger partial charge in [-0.05, 0) is 17.7 Å². The summed E-state index contributed by atoms with van der Waals surface area (Å²) in [4.78, 5) is 0. The van der Waals surface area contributed by atoms with Crippen molar-refractivity contribution in [3.63, 3.8) is 0 Å². The number of hydrogen-bond donors (Lipinski definition) is 2. The average Bonchev–Trinajstić information content (AvgIpc) is 2.19. The monoisotopic (exact) mass is 262 g/mol. The molecular weight excluding hydrogens is 248 g/mol. The number of halogens is 1. The number of hydrogen-bond acceptors (Lipinski definition) is 3. The molecule has 0 aliphatic rings. The highest BCUT2D eigenvalue weighted by molar-refractivity contribution is 7.88. The Hall–Kier alpha value is -0.620. The standard InChI is InChI=1S/C10H15ClN2O2S/c1-16(14,15)13-7-6-12-8-9-2-4-10(11)5-3-9/h2-5,12-13H,6-8H2,1H3. The Bertz CT molecular complexity index is 417. The first-order valence-electron chi connectivity index (χ1n) is 4.87. The lowest BCUT2D eigenvalue weighted by Gasteiger charge is -2.05. The predicted molar refractivity (Wildman–Crippen MR) is 66.0 cm³/mol. The zero-order valence-corrected chi connectivity index (χ0v) is 10.6. The van der Waals surface area contributed by atoms with Gasteiger partial charge in [0, 0.05) is 24.7 Å². The van der Waals surface area contributed by atoms with Gasteiger partial charge in [-0.25, -0.2) is 13.1 Å². The molecule has 1 rings (SSSR count). The van der Waals surface area contributed by atoms with Gasteiger partial charge in [0.25, 0.3) is 0 Å². The highest BCUT2D eigenvalue weighted by Gasteiger charge is 1.98. The van der Waals surface area contributed by atoms with Crippen LogP contribution in [0, 0.1) is 0 Å². The van der Waals surface area contributed by atoms with E-state index in [1.165, 1.54) is 0 Å². The van der Waals surface area contributed by atoms with E-state index in [1.54, 1.807) is 0 Å². The molecule has 16 heavy (non-hydrogen) atoms. The summed E-state index contributed by atoms with van der Waals surface area (Å²) in [5.74, 6) is 0. The molecule has 0 unspecified atom stereocenters. The molecule has 0 aliphatic heterocycles. The van der Waals surface area contributed by atoms with E-state index in [-0.39, 0.29) is 0 Å². The Labute approximate surface area is 101 Å². The third-order valence-electron chi connectivity index (χ3n) is 1.91. The molecule has 1 aromatic carbocycles. The molecule has 0 aromatic heterocycles. The summed E-state index contributed by atoms with van der Waals surface area (Å²) in [7, 11) is -3.08. The summed E-state index contributed by atoms with van der Waals surface area (Å²) >= 11 is 5.75. The van der Waals surface area contributed by atoms with Gasteiger partial charge in [-0.3, -0.25) is 0 Å². The van der Waals surface area contributed by atoms with Crippen LogP contribution in [0.25, 0.3) is 0 Å². The van der Waals surface area contributed by atoms with E-state index in [0.717, 1.165) is 11.8 Å². The number of rotatable bonds is 6. The minimum absolute atomic E-state index is 0.395. The minimum Gasteiger partial charge on any atom is -0.311 e. The molecule has 90 valence electrons.